The van der Waals surface area contributed by atoms with Gasteiger partial charge in [0.1, 0.15) is 24.3 Å². The van der Waals surface area contributed by atoms with Crippen LogP contribution in [-0.4, -0.2) is 27.6 Å². The molecule has 3 aromatic rings. The fourth-order valence-corrected chi connectivity index (χ4v) is 3.03. The van der Waals surface area contributed by atoms with E-state index in [1.54, 1.807) is 25.3 Å². The number of carbonyl (C=O) groups is 1. The number of hydrogen-bond donors (Lipinski definition) is 0. The van der Waals surface area contributed by atoms with Gasteiger partial charge in [-0.15, -0.1) is 0 Å². The molecule has 31 heavy (non-hydrogen) atoms. The molecule has 0 N–H and O–H groups in total. The highest BCUT2D eigenvalue weighted by Gasteiger charge is 2.23. The van der Waals surface area contributed by atoms with Gasteiger partial charge in [0.05, 0.1) is 12.0 Å². The summed E-state index contributed by atoms with van der Waals surface area (Å²) in [5.74, 6) is 0.865. The van der Waals surface area contributed by atoms with E-state index in [0.717, 1.165) is 23.3 Å². The zero-order valence-electron chi connectivity index (χ0n) is 17.6. The molecule has 8 heteroatoms. The number of ketones is 1. The minimum Gasteiger partial charge on any atom is -0.496 e. The lowest BCUT2D eigenvalue weighted by atomic mass is 10.1. The summed E-state index contributed by atoms with van der Waals surface area (Å²) in [6.07, 6.45) is 5.02. The van der Waals surface area contributed by atoms with Gasteiger partial charge >= 0.3 is 5.69 Å². The molecule has 8 nitrogen and oxygen atoms in total. The summed E-state index contributed by atoms with van der Waals surface area (Å²) in [4.78, 5) is 22.9. The van der Waals surface area contributed by atoms with E-state index in [2.05, 4.69) is 12.0 Å². The average molecular weight is 421 g/mol. The number of benzene rings is 2. The molecule has 0 spiro atoms. The number of hydrogen-bond acceptors (Lipinski definition) is 6. The first kappa shape index (κ1) is 21.8. The Labute approximate surface area is 179 Å². The number of ether oxygens (including phenoxy) is 2. The normalized spacial score (nSPS) is 10.9. The van der Waals surface area contributed by atoms with Crippen molar-refractivity contribution in [1.82, 2.24) is 9.78 Å². The first-order valence-corrected chi connectivity index (χ1v) is 9.70. The lowest BCUT2D eigenvalue weighted by molar-refractivity contribution is -0.385. The van der Waals surface area contributed by atoms with Gasteiger partial charge < -0.3 is 9.47 Å². The molecule has 3 rings (SSSR count). The highest BCUT2D eigenvalue weighted by atomic mass is 16.6. The number of nitro groups is 1. The second-order valence-electron chi connectivity index (χ2n) is 6.85. The number of aromatic nitrogens is 2. The number of nitrogens with zero attached hydrogens (tertiary/aromatic N) is 3. The predicted octanol–water partition coefficient (Wildman–Crippen LogP) is 4.37. The maximum atomic E-state index is 12.4. The topological polar surface area (TPSA) is 96.5 Å². The van der Waals surface area contributed by atoms with Crippen LogP contribution in [0.4, 0.5) is 5.69 Å². The Bertz CT molecular complexity index is 1120. The molecule has 160 valence electrons. The zero-order chi connectivity index (χ0) is 22.4. The Kier molecular flexibility index (Phi) is 6.81. The van der Waals surface area contributed by atoms with E-state index in [1.165, 1.54) is 29.6 Å². The third-order valence-electron chi connectivity index (χ3n) is 4.70. The molecular weight excluding hydrogens is 398 g/mol. The summed E-state index contributed by atoms with van der Waals surface area (Å²) < 4.78 is 12.5. The second kappa shape index (κ2) is 9.71. The third-order valence-corrected chi connectivity index (χ3v) is 4.70. The van der Waals surface area contributed by atoms with Crippen LogP contribution in [0, 0.1) is 10.1 Å². The van der Waals surface area contributed by atoms with Crippen molar-refractivity contribution in [2.45, 2.75) is 20.0 Å². The minimum atomic E-state index is -0.621. The molecule has 0 atom stereocenters. The number of aryl methyl sites for hydroxylation is 2. The van der Waals surface area contributed by atoms with Gasteiger partial charge in [-0.1, -0.05) is 31.2 Å². The van der Waals surface area contributed by atoms with E-state index in [1.807, 2.05) is 30.3 Å². The lowest BCUT2D eigenvalue weighted by Crippen LogP contribution is -2.01. The Morgan fingerprint density at radius 1 is 1.23 bits per heavy atom. The van der Waals surface area contributed by atoms with Crippen LogP contribution in [0.5, 0.6) is 11.5 Å². The molecule has 2 aromatic carbocycles. The highest BCUT2D eigenvalue weighted by molar-refractivity contribution is 6.07. The Morgan fingerprint density at radius 3 is 2.61 bits per heavy atom. The lowest BCUT2D eigenvalue weighted by Gasteiger charge is -2.11. The van der Waals surface area contributed by atoms with E-state index in [9.17, 15) is 14.9 Å². The quantitative estimate of drug-likeness (QED) is 0.220. The monoisotopic (exact) mass is 421 g/mol. The SMILES string of the molecule is CCc1ccc(OCc2cc(C=CC(=O)c3nn(C)cc3[N+](=O)[O-])ccc2OC)cc1. The van der Waals surface area contributed by atoms with Crippen molar-refractivity contribution < 1.29 is 19.2 Å². The molecule has 0 saturated heterocycles. The van der Waals surface area contributed by atoms with Gasteiger partial charge in [0.25, 0.3) is 0 Å². The van der Waals surface area contributed by atoms with Crippen molar-refractivity contribution in [2.75, 3.05) is 7.11 Å². The van der Waals surface area contributed by atoms with Gasteiger partial charge in [0.15, 0.2) is 0 Å². The molecule has 0 unspecified atom stereocenters. The fraction of sp³-hybridized carbons (Fsp3) is 0.217. The Balaban J connectivity index is 1.76. The van der Waals surface area contributed by atoms with Crippen LogP contribution in [0.25, 0.3) is 6.08 Å². The molecule has 0 aliphatic rings. The van der Waals surface area contributed by atoms with E-state index in [4.69, 9.17) is 9.47 Å². The summed E-state index contributed by atoms with van der Waals surface area (Å²) in [7, 11) is 3.10. The summed E-state index contributed by atoms with van der Waals surface area (Å²) >= 11 is 0. The Morgan fingerprint density at radius 2 is 1.97 bits per heavy atom. The van der Waals surface area contributed by atoms with Crippen LogP contribution in [0.3, 0.4) is 0 Å². The van der Waals surface area contributed by atoms with Crippen molar-refractivity contribution in [2.24, 2.45) is 7.05 Å². The zero-order valence-corrected chi connectivity index (χ0v) is 17.6. The van der Waals surface area contributed by atoms with Crippen LogP contribution in [0.1, 0.15) is 34.1 Å². The van der Waals surface area contributed by atoms with Crippen LogP contribution < -0.4 is 9.47 Å². The summed E-state index contributed by atoms with van der Waals surface area (Å²) in [5, 5.41) is 15.0. The second-order valence-corrected chi connectivity index (χ2v) is 6.85. The third kappa shape index (κ3) is 5.36. The van der Waals surface area contributed by atoms with Crippen LogP contribution in [0.15, 0.2) is 54.7 Å². The molecular formula is C23H23N3O5. The highest BCUT2D eigenvalue weighted by Crippen LogP contribution is 2.24. The summed E-state index contributed by atoms with van der Waals surface area (Å²) in [6, 6.07) is 13.3. The minimum absolute atomic E-state index is 0.198. The molecule has 0 saturated carbocycles. The number of allylic oxidation sites excluding steroid dienone is 1. The molecule has 0 fully saturated rings. The molecule has 0 amide bonds. The van der Waals surface area contributed by atoms with Gasteiger partial charge in [0, 0.05) is 12.6 Å². The average Bonchev–Trinajstić information content (AvgIpc) is 3.18. The molecule has 0 aliphatic carbocycles. The molecule has 0 aliphatic heterocycles. The van der Waals surface area contributed by atoms with Crippen molar-refractivity contribution in [3.05, 3.63) is 87.2 Å². The van der Waals surface area contributed by atoms with Gasteiger partial charge in [0.2, 0.25) is 11.5 Å². The maximum Gasteiger partial charge on any atom is 0.318 e. The first-order chi connectivity index (χ1) is 14.9. The molecule has 0 radical (unpaired) electrons. The molecule has 1 aromatic heterocycles. The van der Waals surface area contributed by atoms with Crippen molar-refractivity contribution in [3.63, 3.8) is 0 Å². The largest absolute Gasteiger partial charge is 0.496 e. The van der Waals surface area contributed by atoms with Crippen LogP contribution in [0.2, 0.25) is 0 Å². The van der Waals surface area contributed by atoms with Gasteiger partial charge in [-0.05, 0) is 47.9 Å². The van der Waals surface area contributed by atoms with Gasteiger partial charge in [-0.3, -0.25) is 19.6 Å². The molecule has 1 heterocycles. The fourth-order valence-electron chi connectivity index (χ4n) is 3.03. The number of rotatable bonds is 9. The summed E-state index contributed by atoms with van der Waals surface area (Å²) in [6.45, 7) is 2.38. The number of methoxy groups -OCH3 is 1. The van der Waals surface area contributed by atoms with E-state index < -0.39 is 10.7 Å². The van der Waals surface area contributed by atoms with Crippen molar-refractivity contribution >= 4 is 17.5 Å². The van der Waals surface area contributed by atoms with E-state index in [0.29, 0.717) is 5.75 Å². The van der Waals surface area contributed by atoms with Gasteiger partial charge in [-0.2, -0.15) is 5.10 Å². The molecule has 0 bridgehead atoms. The van der Waals surface area contributed by atoms with Crippen molar-refractivity contribution in [3.8, 4) is 11.5 Å². The van der Waals surface area contributed by atoms with E-state index >= 15 is 0 Å². The van der Waals surface area contributed by atoms with Crippen LogP contribution in [-0.2, 0) is 20.1 Å². The standard InChI is InChI=1S/C23H23N3O5/c1-4-16-5-9-19(10-6-16)31-15-18-13-17(8-12-22(18)30-3)7-11-21(27)23-20(26(28)29)14-25(2)24-23/h5-14H,4,15H2,1-3H3. The van der Waals surface area contributed by atoms with E-state index in [-0.39, 0.29) is 18.0 Å². The smallest absolute Gasteiger partial charge is 0.318 e. The Hall–Kier alpha value is -3.94. The first-order valence-electron chi connectivity index (χ1n) is 9.70. The van der Waals surface area contributed by atoms with Crippen LogP contribution >= 0.6 is 0 Å². The summed E-state index contributed by atoms with van der Waals surface area (Å²) in [5.41, 5.74) is 2.24. The maximum absolute atomic E-state index is 12.4. The predicted molar refractivity (Wildman–Crippen MR) is 116 cm³/mol. The van der Waals surface area contributed by atoms with Gasteiger partial charge in [-0.25, -0.2) is 0 Å². The van der Waals surface area contributed by atoms with Crippen molar-refractivity contribution in [1.29, 1.82) is 0 Å². The number of carbonyl (C=O) groups excluding carboxylic acids is 1.